The highest BCUT2D eigenvalue weighted by molar-refractivity contribution is 14.1. The summed E-state index contributed by atoms with van der Waals surface area (Å²) in [6.45, 7) is 0. The average Bonchev–Trinajstić information content (AvgIpc) is 2.27. The number of aryl methyl sites for hydroxylation is 1. The first-order chi connectivity index (χ1) is 8.67. The quantitative estimate of drug-likeness (QED) is 0.439. The number of halogens is 4. The number of rotatable bonds is 4. The zero-order chi connectivity index (χ0) is 14.7. The summed E-state index contributed by atoms with van der Waals surface area (Å²) in [6.07, 6.45) is 0.151. The van der Waals surface area contributed by atoms with Gasteiger partial charge in [-0.3, -0.25) is 0 Å². The molecule has 9 heteroatoms. The van der Waals surface area contributed by atoms with Crippen molar-refractivity contribution in [3.8, 4) is 11.8 Å². The van der Waals surface area contributed by atoms with Crippen LogP contribution in [0.5, 0.6) is 5.75 Å². The number of alkyl halides is 3. The molecule has 0 aromatic heterocycles. The second-order valence-electron chi connectivity index (χ2n) is 3.39. The van der Waals surface area contributed by atoms with Crippen LogP contribution in [0, 0.1) is 14.9 Å². The Kier molecular flexibility index (Phi) is 5.03. The van der Waals surface area contributed by atoms with Gasteiger partial charge in [0.1, 0.15) is 5.75 Å². The zero-order valence-electron chi connectivity index (χ0n) is 9.24. The maximum absolute atomic E-state index is 12.2. The van der Waals surface area contributed by atoms with Gasteiger partial charge in [0.15, 0.2) is 0 Å². The van der Waals surface area contributed by atoms with Crippen LogP contribution in [0.2, 0.25) is 0 Å². The van der Waals surface area contributed by atoms with Gasteiger partial charge in [0.05, 0.1) is 6.07 Å². The summed E-state index contributed by atoms with van der Waals surface area (Å²) in [5, 5.41) is 8.46. The van der Waals surface area contributed by atoms with E-state index in [2.05, 4.69) is 4.18 Å². The minimum atomic E-state index is -5.70. The van der Waals surface area contributed by atoms with Crippen molar-refractivity contribution in [2.75, 3.05) is 0 Å². The van der Waals surface area contributed by atoms with Crippen molar-refractivity contribution in [2.24, 2.45) is 0 Å². The lowest BCUT2D eigenvalue weighted by Crippen LogP contribution is -2.28. The van der Waals surface area contributed by atoms with E-state index in [4.69, 9.17) is 5.26 Å². The van der Waals surface area contributed by atoms with Crippen LogP contribution in [0.25, 0.3) is 0 Å². The fourth-order valence-corrected chi connectivity index (χ4v) is 2.23. The molecule has 0 aliphatic carbocycles. The lowest BCUT2D eigenvalue weighted by atomic mass is 10.1. The topological polar surface area (TPSA) is 67.2 Å². The van der Waals surface area contributed by atoms with Crippen molar-refractivity contribution in [3.05, 3.63) is 27.3 Å². The highest BCUT2D eigenvalue weighted by atomic mass is 127. The molecule has 0 amide bonds. The third-order valence-corrected chi connectivity index (χ3v) is 3.65. The van der Waals surface area contributed by atoms with Crippen LogP contribution in [-0.4, -0.2) is 13.9 Å². The van der Waals surface area contributed by atoms with E-state index in [1.54, 1.807) is 0 Å². The number of hydrogen-bond acceptors (Lipinski definition) is 4. The molecule has 0 spiro atoms. The number of hydrogen-bond donors (Lipinski definition) is 0. The summed E-state index contributed by atoms with van der Waals surface area (Å²) in [7, 11) is -5.70. The highest BCUT2D eigenvalue weighted by Gasteiger charge is 2.48. The third kappa shape index (κ3) is 4.24. The van der Waals surface area contributed by atoms with E-state index < -0.39 is 21.4 Å². The highest BCUT2D eigenvalue weighted by Crippen LogP contribution is 2.30. The Bertz CT molecular complexity index is 607. The maximum atomic E-state index is 12.2. The first-order valence-corrected chi connectivity index (χ1v) is 7.32. The predicted octanol–water partition coefficient (Wildman–Crippen LogP) is 2.98. The zero-order valence-corrected chi connectivity index (χ0v) is 12.2. The van der Waals surface area contributed by atoms with E-state index >= 15 is 0 Å². The fourth-order valence-electron chi connectivity index (χ4n) is 1.18. The SMILES string of the molecule is N#CCCc1cc(I)ccc1OS(=O)(=O)C(F)(F)F. The molecule has 0 unspecified atom stereocenters. The Balaban J connectivity index is 3.12. The Labute approximate surface area is 121 Å². The molecule has 0 aliphatic rings. The van der Waals surface area contributed by atoms with E-state index in [9.17, 15) is 21.6 Å². The summed E-state index contributed by atoms with van der Waals surface area (Å²) in [6, 6.07) is 5.85. The Morgan fingerprint density at radius 3 is 2.53 bits per heavy atom. The average molecular weight is 405 g/mol. The molecular formula is C10H7F3INO3S. The van der Waals surface area contributed by atoms with Crippen LogP contribution < -0.4 is 4.18 Å². The van der Waals surface area contributed by atoms with Crippen LogP contribution in [-0.2, 0) is 16.5 Å². The normalized spacial score (nSPS) is 11.9. The molecule has 0 saturated heterocycles. The summed E-state index contributed by atoms with van der Waals surface area (Å²) in [4.78, 5) is 0. The monoisotopic (exact) mass is 405 g/mol. The molecule has 0 saturated carbocycles. The lowest BCUT2D eigenvalue weighted by Gasteiger charge is -2.12. The summed E-state index contributed by atoms with van der Waals surface area (Å²) < 4.78 is 63.3. The van der Waals surface area contributed by atoms with Crippen molar-refractivity contribution in [3.63, 3.8) is 0 Å². The second kappa shape index (κ2) is 5.96. The molecule has 0 aliphatic heterocycles. The van der Waals surface area contributed by atoms with Gasteiger partial charge < -0.3 is 4.18 Å². The van der Waals surface area contributed by atoms with Crippen molar-refractivity contribution in [2.45, 2.75) is 18.3 Å². The van der Waals surface area contributed by atoms with E-state index in [0.717, 1.165) is 6.07 Å². The minimum absolute atomic E-state index is 0.0442. The van der Waals surface area contributed by atoms with E-state index in [1.165, 1.54) is 12.1 Å². The molecule has 0 heterocycles. The number of nitriles is 1. The Morgan fingerprint density at radius 2 is 2.00 bits per heavy atom. The lowest BCUT2D eigenvalue weighted by molar-refractivity contribution is -0.0500. The van der Waals surface area contributed by atoms with Gasteiger partial charge in [0.25, 0.3) is 0 Å². The minimum Gasteiger partial charge on any atom is -0.376 e. The third-order valence-electron chi connectivity index (χ3n) is 2.01. The van der Waals surface area contributed by atoms with Gasteiger partial charge in [-0.05, 0) is 52.8 Å². The molecule has 1 aromatic carbocycles. The van der Waals surface area contributed by atoms with Crippen LogP contribution >= 0.6 is 22.6 Å². The van der Waals surface area contributed by atoms with Crippen LogP contribution in [0.15, 0.2) is 18.2 Å². The predicted molar refractivity (Wildman–Crippen MR) is 68.7 cm³/mol. The van der Waals surface area contributed by atoms with Crippen molar-refractivity contribution >= 4 is 32.7 Å². The first-order valence-electron chi connectivity index (χ1n) is 4.83. The van der Waals surface area contributed by atoms with Gasteiger partial charge in [-0.2, -0.15) is 26.9 Å². The largest absolute Gasteiger partial charge is 0.534 e. The standard InChI is InChI=1S/C10H7F3INO3S/c11-10(12,13)19(16,17)18-9-4-3-8(14)6-7(9)2-1-5-15/h3-4,6H,1-2H2. The molecular weight excluding hydrogens is 398 g/mol. The molecule has 104 valence electrons. The first kappa shape index (κ1) is 16.0. The van der Waals surface area contributed by atoms with Gasteiger partial charge in [-0.1, -0.05) is 0 Å². The smallest absolute Gasteiger partial charge is 0.376 e. The fraction of sp³-hybridized carbons (Fsp3) is 0.300. The molecule has 1 aromatic rings. The van der Waals surface area contributed by atoms with Crippen molar-refractivity contribution in [1.29, 1.82) is 5.26 Å². The summed E-state index contributed by atoms with van der Waals surface area (Å²) >= 11 is 1.92. The Hall–Kier alpha value is -1.02. The van der Waals surface area contributed by atoms with Crippen molar-refractivity contribution in [1.82, 2.24) is 0 Å². The molecule has 0 fully saturated rings. The van der Waals surface area contributed by atoms with Crippen LogP contribution in [0.4, 0.5) is 13.2 Å². The van der Waals surface area contributed by atoms with Gasteiger partial charge in [-0.25, -0.2) is 0 Å². The Morgan fingerprint density at radius 1 is 1.37 bits per heavy atom. The molecule has 0 N–H and O–H groups in total. The number of nitrogens with zero attached hydrogens (tertiary/aromatic N) is 1. The van der Waals surface area contributed by atoms with Gasteiger partial charge in [0, 0.05) is 9.99 Å². The number of benzene rings is 1. The van der Waals surface area contributed by atoms with Gasteiger partial charge in [-0.15, -0.1) is 0 Å². The molecule has 0 atom stereocenters. The molecule has 19 heavy (non-hydrogen) atoms. The summed E-state index contributed by atoms with van der Waals surface area (Å²) in [5.74, 6) is -0.409. The second-order valence-corrected chi connectivity index (χ2v) is 6.18. The van der Waals surface area contributed by atoms with E-state index in [-0.39, 0.29) is 18.4 Å². The molecule has 0 bridgehead atoms. The van der Waals surface area contributed by atoms with Crippen LogP contribution in [0.1, 0.15) is 12.0 Å². The summed E-state index contributed by atoms with van der Waals surface area (Å²) in [5.41, 5.74) is -5.25. The van der Waals surface area contributed by atoms with Gasteiger partial charge >= 0.3 is 15.6 Å². The maximum Gasteiger partial charge on any atom is 0.534 e. The molecule has 0 radical (unpaired) electrons. The van der Waals surface area contributed by atoms with E-state index in [0.29, 0.717) is 3.57 Å². The van der Waals surface area contributed by atoms with Gasteiger partial charge in [0.2, 0.25) is 0 Å². The van der Waals surface area contributed by atoms with Crippen LogP contribution in [0.3, 0.4) is 0 Å². The van der Waals surface area contributed by atoms with E-state index in [1.807, 2.05) is 28.7 Å². The van der Waals surface area contributed by atoms with Crippen molar-refractivity contribution < 1.29 is 25.8 Å². The molecule has 1 rings (SSSR count). The molecule has 4 nitrogen and oxygen atoms in total.